The van der Waals surface area contributed by atoms with Gasteiger partial charge in [0.25, 0.3) is 5.91 Å². The molecule has 0 radical (unpaired) electrons. The van der Waals surface area contributed by atoms with Crippen molar-refractivity contribution in [3.05, 3.63) is 70.5 Å². The lowest BCUT2D eigenvalue weighted by atomic mass is 10.0. The molecule has 0 unspecified atom stereocenters. The summed E-state index contributed by atoms with van der Waals surface area (Å²) in [6.45, 7) is 3.78. The Morgan fingerprint density at radius 3 is 2.59 bits per heavy atom. The van der Waals surface area contributed by atoms with Gasteiger partial charge in [-0.05, 0) is 50.2 Å². The Kier molecular flexibility index (Phi) is 6.80. The molecule has 0 saturated carbocycles. The van der Waals surface area contributed by atoms with E-state index in [1.807, 2.05) is 52.8 Å². The second-order valence-corrected chi connectivity index (χ2v) is 8.50. The van der Waals surface area contributed by atoms with Gasteiger partial charge in [-0.1, -0.05) is 42.0 Å². The molecule has 2 aromatic carbocycles. The first-order valence-electron chi connectivity index (χ1n) is 10.9. The molecule has 0 aliphatic carbocycles. The van der Waals surface area contributed by atoms with Crippen molar-refractivity contribution in [3.8, 4) is 11.4 Å². The van der Waals surface area contributed by atoms with Crippen LogP contribution in [0.5, 0.6) is 0 Å². The monoisotopic (exact) mass is 449 g/mol. The maximum absolute atomic E-state index is 12.8. The predicted octanol–water partition coefficient (Wildman–Crippen LogP) is 3.73. The van der Waals surface area contributed by atoms with E-state index in [4.69, 9.17) is 12.2 Å². The number of carbonyl (C=O) groups is 2. The standard InChI is InChI=1S/C24H27N5O2S/c1-17-6-5-9-19(16-17)22-26-27-24(32)29(22)15-12-21(30)28-13-10-20(11-14-28)25-23(31)18-7-3-2-4-8-18/h2-9,16,20H,10-15H2,1H3,(H,25,31)(H,27,32). The quantitative estimate of drug-likeness (QED) is 0.562. The van der Waals surface area contributed by atoms with Crippen LogP contribution in [0.25, 0.3) is 11.4 Å². The molecular formula is C24H27N5O2S. The van der Waals surface area contributed by atoms with Gasteiger partial charge in [-0.3, -0.25) is 19.3 Å². The van der Waals surface area contributed by atoms with E-state index in [2.05, 4.69) is 21.6 Å². The molecule has 2 N–H and O–H groups in total. The molecule has 166 valence electrons. The van der Waals surface area contributed by atoms with Gasteiger partial charge < -0.3 is 10.2 Å². The second kappa shape index (κ2) is 9.91. The lowest BCUT2D eigenvalue weighted by molar-refractivity contribution is -0.132. The minimum absolute atomic E-state index is 0.0617. The van der Waals surface area contributed by atoms with E-state index in [1.165, 1.54) is 0 Å². The van der Waals surface area contributed by atoms with Gasteiger partial charge in [0.15, 0.2) is 10.6 Å². The van der Waals surface area contributed by atoms with Crippen LogP contribution in [0.4, 0.5) is 0 Å². The van der Waals surface area contributed by atoms with Gasteiger partial charge >= 0.3 is 0 Å². The van der Waals surface area contributed by atoms with E-state index in [0.717, 1.165) is 29.8 Å². The van der Waals surface area contributed by atoms with Crippen LogP contribution in [0.3, 0.4) is 0 Å². The van der Waals surface area contributed by atoms with Crippen LogP contribution < -0.4 is 5.32 Å². The summed E-state index contributed by atoms with van der Waals surface area (Å²) in [5, 5.41) is 10.3. The third-order valence-electron chi connectivity index (χ3n) is 5.80. The van der Waals surface area contributed by atoms with Crippen molar-refractivity contribution in [2.75, 3.05) is 13.1 Å². The van der Waals surface area contributed by atoms with E-state index in [0.29, 0.717) is 36.4 Å². The Balaban J connectivity index is 1.30. The number of aryl methyl sites for hydroxylation is 1. The Labute approximate surface area is 192 Å². The lowest BCUT2D eigenvalue weighted by Gasteiger charge is -2.32. The van der Waals surface area contributed by atoms with Crippen molar-refractivity contribution in [1.29, 1.82) is 0 Å². The minimum Gasteiger partial charge on any atom is -0.349 e. The molecule has 7 nitrogen and oxygen atoms in total. The molecule has 0 bridgehead atoms. The first kappa shape index (κ1) is 22.0. The molecule has 1 saturated heterocycles. The second-order valence-electron chi connectivity index (χ2n) is 8.12. The number of amides is 2. The number of likely N-dealkylation sites (tertiary alicyclic amines) is 1. The number of benzene rings is 2. The van der Waals surface area contributed by atoms with Crippen LogP contribution in [-0.2, 0) is 11.3 Å². The average Bonchev–Trinajstić information content (AvgIpc) is 3.18. The van der Waals surface area contributed by atoms with Crippen LogP contribution in [-0.4, -0.2) is 50.6 Å². The topological polar surface area (TPSA) is 83.0 Å². The van der Waals surface area contributed by atoms with E-state index >= 15 is 0 Å². The van der Waals surface area contributed by atoms with E-state index in [9.17, 15) is 9.59 Å². The number of nitrogens with zero attached hydrogens (tertiary/aromatic N) is 3. The van der Waals surface area contributed by atoms with Gasteiger partial charge in [0.2, 0.25) is 5.91 Å². The van der Waals surface area contributed by atoms with Gasteiger partial charge in [-0.15, -0.1) is 0 Å². The van der Waals surface area contributed by atoms with Crippen molar-refractivity contribution < 1.29 is 9.59 Å². The SMILES string of the molecule is Cc1cccc(-c2n[nH]c(=S)n2CCC(=O)N2CCC(NC(=O)c3ccccc3)CC2)c1. The molecule has 0 spiro atoms. The number of hydrogen-bond acceptors (Lipinski definition) is 4. The highest BCUT2D eigenvalue weighted by molar-refractivity contribution is 7.71. The molecule has 2 amide bonds. The molecule has 1 fully saturated rings. The van der Waals surface area contributed by atoms with E-state index in [1.54, 1.807) is 12.1 Å². The molecule has 1 aliphatic rings. The number of nitrogens with one attached hydrogen (secondary N) is 2. The van der Waals surface area contributed by atoms with Crippen molar-refractivity contribution in [2.45, 2.75) is 38.8 Å². The fourth-order valence-electron chi connectivity index (χ4n) is 4.03. The summed E-state index contributed by atoms with van der Waals surface area (Å²) in [4.78, 5) is 27.0. The Hall–Kier alpha value is -3.26. The van der Waals surface area contributed by atoms with Crippen LogP contribution in [0, 0.1) is 11.7 Å². The Bertz CT molecular complexity index is 1150. The molecule has 4 rings (SSSR count). The largest absolute Gasteiger partial charge is 0.349 e. The number of rotatable bonds is 6. The van der Waals surface area contributed by atoms with Crippen molar-refractivity contribution in [2.24, 2.45) is 0 Å². The number of piperidine rings is 1. The molecule has 3 aromatic rings. The van der Waals surface area contributed by atoms with Crippen molar-refractivity contribution in [3.63, 3.8) is 0 Å². The molecular weight excluding hydrogens is 422 g/mol. The first-order valence-corrected chi connectivity index (χ1v) is 11.3. The van der Waals surface area contributed by atoms with Crippen LogP contribution in [0.2, 0.25) is 0 Å². The van der Waals surface area contributed by atoms with Gasteiger partial charge in [0.1, 0.15) is 0 Å². The maximum Gasteiger partial charge on any atom is 0.251 e. The van der Waals surface area contributed by atoms with Gasteiger partial charge in [-0.25, -0.2) is 0 Å². The number of carbonyl (C=O) groups excluding carboxylic acids is 2. The number of H-pyrrole nitrogens is 1. The molecule has 1 aromatic heterocycles. The highest BCUT2D eigenvalue weighted by Gasteiger charge is 2.24. The van der Waals surface area contributed by atoms with E-state index in [-0.39, 0.29) is 17.9 Å². The first-order chi connectivity index (χ1) is 15.5. The third-order valence-corrected chi connectivity index (χ3v) is 6.11. The van der Waals surface area contributed by atoms with Gasteiger partial charge in [-0.2, -0.15) is 5.10 Å². The highest BCUT2D eigenvalue weighted by atomic mass is 32.1. The number of aromatic amines is 1. The molecule has 32 heavy (non-hydrogen) atoms. The summed E-state index contributed by atoms with van der Waals surface area (Å²) in [6.07, 6.45) is 1.86. The van der Waals surface area contributed by atoms with Gasteiger partial charge in [0.05, 0.1) is 0 Å². The highest BCUT2D eigenvalue weighted by Crippen LogP contribution is 2.19. The number of aromatic nitrogens is 3. The lowest BCUT2D eigenvalue weighted by Crippen LogP contribution is -2.46. The van der Waals surface area contributed by atoms with E-state index < -0.39 is 0 Å². The van der Waals surface area contributed by atoms with Crippen LogP contribution in [0.15, 0.2) is 54.6 Å². The Morgan fingerprint density at radius 1 is 1.12 bits per heavy atom. The van der Waals surface area contributed by atoms with Crippen LogP contribution in [0.1, 0.15) is 35.2 Å². The molecule has 8 heteroatoms. The third kappa shape index (κ3) is 5.13. The fraction of sp³-hybridized carbons (Fsp3) is 0.333. The van der Waals surface area contributed by atoms with Crippen molar-refractivity contribution in [1.82, 2.24) is 25.0 Å². The summed E-state index contributed by atoms with van der Waals surface area (Å²) in [5.41, 5.74) is 2.77. The zero-order chi connectivity index (χ0) is 22.5. The summed E-state index contributed by atoms with van der Waals surface area (Å²) < 4.78 is 2.39. The van der Waals surface area contributed by atoms with Crippen molar-refractivity contribution >= 4 is 24.0 Å². The molecule has 0 atom stereocenters. The van der Waals surface area contributed by atoms with Crippen LogP contribution >= 0.6 is 12.2 Å². The number of hydrogen-bond donors (Lipinski definition) is 2. The summed E-state index contributed by atoms with van der Waals surface area (Å²) >= 11 is 5.39. The predicted molar refractivity (Wildman–Crippen MR) is 126 cm³/mol. The zero-order valence-corrected chi connectivity index (χ0v) is 18.9. The zero-order valence-electron chi connectivity index (χ0n) is 18.1. The average molecular weight is 450 g/mol. The Morgan fingerprint density at radius 2 is 1.88 bits per heavy atom. The molecule has 1 aliphatic heterocycles. The fourth-order valence-corrected chi connectivity index (χ4v) is 4.25. The summed E-state index contributed by atoms with van der Waals surface area (Å²) in [7, 11) is 0. The van der Waals surface area contributed by atoms with Gasteiger partial charge in [0, 0.05) is 43.2 Å². The summed E-state index contributed by atoms with van der Waals surface area (Å²) in [6, 6.07) is 17.4. The maximum atomic E-state index is 12.8. The molecule has 2 heterocycles. The summed E-state index contributed by atoms with van der Waals surface area (Å²) in [5.74, 6) is 0.776. The smallest absolute Gasteiger partial charge is 0.251 e. The minimum atomic E-state index is -0.0617. The normalized spacial score (nSPS) is 14.3.